The number of amides is 2. The average molecular weight is 430 g/mol. The van der Waals surface area contributed by atoms with Crippen LogP contribution in [0.3, 0.4) is 0 Å². The molecule has 1 fully saturated rings. The van der Waals surface area contributed by atoms with Crippen LogP contribution in [0.25, 0.3) is 16.6 Å². The quantitative estimate of drug-likeness (QED) is 0.468. The number of thiophene rings is 1. The lowest BCUT2D eigenvalue weighted by Gasteiger charge is -2.02. The number of thiazole rings is 1. The molecule has 3 heterocycles. The number of thioether (sulfide) groups is 1. The molecule has 0 bridgehead atoms. The van der Waals surface area contributed by atoms with Gasteiger partial charge in [0, 0.05) is 10.9 Å². The summed E-state index contributed by atoms with van der Waals surface area (Å²) in [6.45, 7) is 0. The molecule has 0 atom stereocenters. The van der Waals surface area contributed by atoms with Crippen molar-refractivity contribution < 1.29 is 9.59 Å². The van der Waals surface area contributed by atoms with Crippen LogP contribution in [-0.2, 0) is 4.79 Å². The second kappa shape index (κ2) is 7.73. The van der Waals surface area contributed by atoms with Gasteiger partial charge in [-0.1, -0.05) is 42.2 Å². The second-order valence-electron chi connectivity index (χ2n) is 5.44. The number of hydrogen-bond donors (Lipinski definition) is 2. The Balaban J connectivity index is 1.44. The van der Waals surface area contributed by atoms with Gasteiger partial charge in [0.1, 0.15) is 4.32 Å². The van der Waals surface area contributed by atoms with Crippen molar-refractivity contribution in [2.45, 2.75) is 0 Å². The topological polar surface area (TPSA) is 71.1 Å². The molecule has 0 unspecified atom stereocenters. The van der Waals surface area contributed by atoms with Crippen LogP contribution in [0.1, 0.15) is 15.9 Å². The molecule has 0 saturated carbocycles. The number of thiocarbonyl (C=S) groups is 1. The predicted molar refractivity (Wildman–Crippen MR) is 116 cm³/mol. The molecule has 1 aromatic carbocycles. The largest absolute Gasteiger partial charge is 0.307 e. The van der Waals surface area contributed by atoms with Gasteiger partial charge in [-0.15, -0.1) is 22.7 Å². The number of rotatable bonds is 4. The second-order valence-corrected chi connectivity index (χ2v) is 8.97. The van der Waals surface area contributed by atoms with E-state index < -0.39 is 0 Å². The standard InChI is InChI=1S/C18H11N3O2S4/c22-15(20-17-19-12(9-26-17)13-2-1-7-25-13)11-5-3-10(4-6-11)8-14-16(23)21-18(24)27-14/h1-9H,(H,19,20,22)(H,21,23,24)/b14-8-. The molecule has 2 N–H and O–H groups in total. The summed E-state index contributed by atoms with van der Waals surface area (Å²) >= 11 is 9.19. The van der Waals surface area contributed by atoms with E-state index in [1.54, 1.807) is 41.7 Å². The van der Waals surface area contributed by atoms with Crippen LogP contribution < -0.4 is 10.6 Å². The zero-order valence-corrected chi connectivity index (χ0v) is 16.9. The van der Waals surface area contributed by atoms with Crippen LogP contribution in [0.4, 0.5) is 5.13 Å². The minimum atomic E-state index is -0.226. The van der Waals surface area contributed by atoms with E-state index in [1.807, 2.05) is 22.9 Å². The Hall–Kier alpha value is -2.33. The van der Waals surface area contributed by atoms with Crippen molar-refractivity contribution in [3.63, 3.8) is 0 Å². The molecule has 1 saturated heterocycles. The van der Waals surface area contributed by atoms with E-state index in [0.717, 1.165) is 16.1 Å². The van der Waals surface area contributed by atoms with E-state index >= 15 is 0 Å². The van der Waals surface area contributed by atoms with Gasteiger partial charge in [0.25, 0.3) is 11.8 Å². The van der Waals surface area contributed by atoms with Crippen LogP contribution >= 0.6 is 46.7 Å². The molecule has 4 rings (SSSR count). The Labute approximate surface area is 172 Å². The fourth-order valence-electron chi connectivity index (χ4n) is 2.34. The minimum Gasteiger partial charge on any atom is -0.307 e. The first-order chi connectivity index (χ1) is 13.1. The van der Waals surface area contributed by atoms with Gasteiger partial charge in [0.15, 0.2) is 5.13 Å². The fourth-order valence-corrected chi connectivity index (χ4v) is 4.85. The van der Waals surface area contributed by atoms with Gasteiger partial charge in [-0.25, -0.2) is 4.98 Å². The molecule has 5 nitrogen and oxygen atoms in total. The maximum absolute atomic E-state index is 12.4. The van der Waals surface area contributed by atoms with Crippen LogP contribution in [0.5, 0.6) is 0 Å². The summed E-state index contributed by atoms with van der Waals surface area (Å²) in [6.07, 6.45) is 1.75. The first-order valence-electron chi connectivity index (χ1n) is 7.74. The Morgan fingerprint density at radius 2 is 2.00 bits per heavy atom. The lowest BCUT2D eigenvalue weighted by atomic mass is 10.1. The first-order valence-corrected chi connectivity index (χ1v) is 10.7. The third kappa shape index (κ3) is 4.16. The van der Waals surface area contributed by atoms with Gasteiger partial charge in [-0.2, -0.15) is 0 Å². The molecule has 2 amide bonds. The van der Waals surface area contributed by atoms with Crippen molar-refractivity contribution in [3.05, 3.63) is 63.2 Å². The molecule has 0 aliphatic carbocycles. The summed E-state index contributed by atoms with van der Waals surface area (Å²) in [5.41, 5.74) is 2.20. The van der Waals surface area contributed by atoms with Crippen molar-refractivity contribution in [1.82, 2.24) is 10.3 Å². The zero-order chi connectivity index (χ0) is 18.8. The highest BCUT2D eigenvalue weighted by Crippen LogP contribution is 2.29. The highest BCUT2D eigenvalue weighted by molar-refractivity contribution is 8.26. The fraction of sp³-hybridized carbons (Fsp3) is 0. The van der Waals surface area contributed by atoms with Crippen molar-refractivity contribution in [1.29, 1.82) is 0 Å². The van der Waals surface area contributed by atoms with Crippen LogP contribution in [-0.4, -0.2) is 21.1 Å². The number of nitrogens with one attached hydrogen (secondary N) is 2. The number of nitrogens with zero attached hydrogens (tertiary/aromatic N) is 1. The molecule has 27 heavy (non-hydrogen) atoms. The summed E-state index contributed by atoms with van der Waals surface area (Å²) in [5, 5.41) is 9.86. The number of anilines is 1. The van der Waals surface area contributed by atoms with E-state index in [1.165, 1.54) is 23.1 Å². The van der Waals surface area contributed by atoms with Crippen molar-refractivity contribution in [2.75, 3.05) is 5.32 Å². The SMILES string of the molecule is O=C1NC(=S)S/C1=C\c1ccc(C(=O)Nc2nc(-c3cccs3)cs2)cc1. The first kappa shape index (κ1) is 18.1. The minimum absolute atomic E-state index is 0.197. The van der Waals surface area contributed by atoms with Crippen LogP contribution in [0.2, 0.25) is 0 Å². The van der Waals surface area contributed by atoms with E-state index in [2.05, 4.69) is 15.6 Å². The normalized spacial score (nSPS) is 15.2. The number of aromatic nitrogens is 1. The number of benzene rings is 1. The van der Waals surface area contributed by atoms with Crippen molar-refractivity contribution in [3.8, 4) is 10.6 Å². The maximum Gasteiger partial charge on any atom is 0.263 e. The number of carbonyl (C=O) groups excluding carboxylic acids is 2. The van der Waals surface area contributed by atoms with Gasteiger partial charge < -0.3 is 5.32 Å². The molecule has 3 aromatic rings. The summed E-state index contributed by atoms with van der Waals surface area (Å²) in [5.74, 6) is -0.424. The van der Waals surface area contributed by atoms with Gasteiger partial charge in [0.05, 0.1) is 15.5 Å². The molecule has 1 aliphatic heterocycles. The van der Waals surface area contributed by atoms with E-state index in [0.29, 0.717) is 19.9 Å². The molecule has 2 aromatic heterocycles. The van der Waals surface area contributed by atoms with E-state index in [4.69, 9.17) is 12.2 Å². The van der Waals surface area contributed by atoms with Gasteiger partial charge in [0.2, 0.25) is 0 Å². The Morgan fingerprint density at radius 3 is 2.67 bits per heavy atom. The van der Waals surface area contributed by atoms with Gasteiger partial charge in [-0.3, -0.25) is 14.9 Å². The van der Waals surface area contributed by atoms with Crippen molar-refractivity contribution >= 4 is 74.0 Å². The third-order valence-electron chi connectivity index (χ3n) is 3.61. The Kier molecular flexibility index (Phi) is 5.17. The molecule has 0 radical (unpaired) electrons. The van der Waals surface area contributed by atoms with Crippen LogP contribution in [0, 0.1) is 0 Å². The molecule has 1 aliphatic rings. The summed E-state index contributed by atoms with van der Waals surface area (Å²) in [7, 11) is 0. The molecule has 134 valence electrons. The molecule has 9 heteroatoms. The monoisotopic (exact) mass is 429 g/mol. The van der Waals surface area contributed by atoms with Gasteiger partial charge >= 0.3 is 0 Å². The molecule has 0 spiro atoms. The third-order valence-corrected chi connectivity index (χ3v) is 6.42. The van der Waals surface area contributed by atoms with Crippen LogP contribution in [0.15, 0.2) is 52.1 Å². The molecular weight excluding hydrogens is 418 g/mol. The summed E-state index contributed by atoms with van der Waals surface area (Å²) < 4.78 is 0.451. The lowest BCUT2D eigenvalue weighted by molar-refractivity contribution is -0.115. The number of hydrogen-bond acceptors (Lipinski definition) is 7. The van der Waals surface area contributed by atoms with Gasteiger partial charge in [-0.05, 0) is 35.2 Å². The van der Waals surface area contributed by atoms with E-state index in [9.17, 15) is 9.59 Å². The zero-order valence-electron chi connectivity index (χ0n) is 13.6. The van der Waals surface area contributed by atoms with E-state index in [-0.39, 0.29) is 11.8 Å². The maximum atomic E-state index is 12.4. The Morgan fingerprint density at radius 1 is 1.19 bits per heavy atom. The highest BCUT2D eigenvalue weighted by atomic mass is 32.2. The number of carbonyl (C=O) groups is 2. The Bertz CT molecular complexity index is 1050. The smallest absolute Gasteiger partial charge is 0.263 e. The highest BCUT2D eigenvalue weighted by Gasteiger charge is 2.21. The summed E-state index contributed by atoms with van der Waals surface area (Å²) in [6, 6.07) is 11.0. The predicted octanol–water partition coefficient (Wildman–Crippen LogP) is 4.61. The average Bonchev–Trinajstić information content (AvgIpc) is 3.38. The summed E-state index contributed by atoms with van der Waals surface area (Å²) in [4.78, 5) is 30.2. The molecular formula is C18H11N3O2S4. The van der Waals surface area contributed by atoms with Crippen molar-refractivity contribution in [2.24, 2.45) is 0 Å². The lowest BCUT2D eigenvalue weighted by Crippen LogP contribution is -2.17.